The highest BCUT2D eigenvalue weighted by Gasteiger charge is 2.27. The molecular weight excluding hydrogens is 310 g/mol. The Morgan fingerprint density at radius 1 is 1.00 bits per heavy atom. The zero-order valence-electron chi connectivity index (χ0n) is 15.8. The van der Waals surface area contributed by atoms with Gasteiger partial charge in [-0.2, -0.15) is 0 Å². The van der Waals surface area contributed by atoms with E-state index in [0.717, 1.165) is 24.2 Å². The minimum Gasteiger partial charge on any atom is -0.494 e. The summed E-state index contributed by atoms with van der Waals surface area (Å²) in [6.07, 6.45) is 2.14. The molecule has 0 N–H and O–H groups in total. The number of hydrogen-bond donors (Lipinski definition) is 0. The molecule has 0 radical (unpaired) electrons. The van der Waals surface area contributed by atoms with Crippen molar-refractivity contribution in [2.75, 3.05) is 6.61 Å². The molecule has 0 fully saturated rings. The number of amides is 1. The lowest BCUT2D eigenvalue weighted by Gasteiger charge is -2.36. The fraction of sp³-hybridized carbons (Fsp3) is 0.409. The monoisotopic (exact) mass is 339 g/mol. The van der Waals surface area contributed by atoms with Crippen LogP contribution in [0.2, 0.25) is 0 Å². The maximum absolute atomic E-state index is 13.1. The predicted molar refractivity (Wildman–Crippen MR) is 103 cm³/mol. The quantitative estimate of drug-likeness (QED) is 0.640. The average molecular weight is 339 g/mol. The highest BCUT2D eigenvalue weighted by Crippen LogP contribution is 2.22. The second-order valence-electron chi connectivity index (χ2n) is 7.27. The van der Waals surface area contributed by atoms with Crippen LogP contribution in [0.1, 0.15) is 56.5 Å². The summed E-state index contributed by atoms with van der Waals surface area (Å²) in [7, 11) is 0. The van der Waals surface area contributed by atoms with Crippen molar-refractivity contribution in [2.24, 2.45) is 0 Å². The van der Waals surface area contributed by atoms with E-state index in [1.807, 2.05) is 47.4 Å². The van der Waals surface area contributed by atoms with Crippen molar-refractivity contribution in [3.63, 3.8) is 0 Å². The molecule has 0 saturated carbocycles. The van der Waals surface area contributed by atoms with E-state index in [1.165, 1.54) is 0 Å². The number of carbonyl (C=O) groups excluding carboxylic acids is 1. The predicted octanol–water partition coefficient (Wildman–Crippen LogP) is 5.31. The molecule has 2 rings (SSSR count). The Labute approximate surface area is 151 Å². The van der Waals surface area contributed by atoms with Crippen LogP contribution in [0.5, 0.6) is 5.75 Å². The molecule has 0 heterocycles. The topological polar surface area (TPSA) is 29.5 Å². The van der Waals surface area contributed by atoms with Gasteiger partial charge < -0.3 is 9.64 Å². The molecule has 0 aromatic heterocycles. The van der Waals surface area contributed by atoms with Crippen LogP contribution in [0, 0.1) is 0 Å². The summed E-state index contributed by atoms with van der Waals surface area (Å²) in [6, 6.07) is 17.6. The minimum absolute atomic E-state index is 0.0384. The van der Waals surface area contributed by atoms with E-state index < -0.39 is 0 Å². The van der Waals surface area contributed by atoms with Gasteiger partial charge in [0.25, 0.3) is 5.91 Å². The Morgan fingerprint density at radius 2 is 1.64 bits per heavy atom. The van der Waals surface area contributed by atoms with Crippen LogP contribution in [-0.2, 0) is 6.54 Å². The lowest BCUT2D eigenvalue weighted by atomic mass is 10.0. The summed E-state index contributed by atoms with van der Waals surface area (Å²) in [4.78, 5) is 15.0. The third kappa shape index (κ3) is 5.63. The molecule has 0 aliphatic carbocycles. The molecule has 0 aliphatic rings. The number of ether oxygens (including phenoxy) is 1. The van der Waals surface area contributed by atoms with Crippen molar-refractivity contribution >= 4 is 5.91 Å². The van der Waals surface area contributed by atoms with E-state index in [9.17, 15) is 4.79 Å². The molecule has 0 bridgehead atoms. The summed E-state index contributed by atoms with van der Waals surface area (Å²) < 4.78 is 5.68. The maximum atomic E-state index is 13.1. The maximum Gasteiger partial charge on any atom is 0.254 e. The molecule has 1 amide bonds. The lowest BCUT2D eigenvalue weighted by Crippen LogP contribution is -2.45. The first-order chi connectivity index (χ1) is 11.9. The van der Waals surface area contributed by atoms with Gasteiger partial charge >= 0.3 is 0 Å². The molecule has 25 heavy (non-hydrogen) atoms. The first kappa shape index (κ1) is 19.0. The van der Waals surface area contributed by atoms with Crippen LogP contribution in [0.4, 0.5) is 0 Å². The zero-order valence-corrected chi connectivity index (χ0v) is 15.8. The zero-order chi connectivity index (χ0) is 18.3. The molecule has 0 atom stereocenters. The van der Waals surface area contributed by atoms with Gasteiger partial charge in [-0.15, -0.1) is 0 Å². The second-order valence-corrected chi connectivity index (χ2v) is 7.27. The number of unbranched alkanes of at least 4 members (excludes halogenated alkanes) is 1. The van der Waals surface area contributed by atoms with Crippen LogP contribution in [-0.4, -0.2) is 23.0 Å². The van der Waals surface area contributed by atoms with Crippen molar-refractivity contribution in [2.45, 2.75) is 52.6 Å². The normalized spacial score (nSPS) is 11.2. The third-order valence-electron chi connectivity index (χ3n) is 4.11. The van der Waals surface area contributed by atoms with Crippen molar-refractivity contribution in [3.8, 4) is 5.75 Å². The van der Waals surface area contributed by atoms with Crippen LogP contribution >= 0.6 is 0 Å². The minimum atomic E-state index is -0.261. The Kier molecular flexibility index (Phi) is 6.63. The molecule has 2 aromatic carbocycles. The SMILES string of the molecule is CCCCOc1ccc(C(=O)N(Cc2ccccc2)C(C)(C)C)cc1. The second kappa shape index (κ2) is 8.70. The highest BCUT2D eigenvalue weighted by atomic mass is 16.5. The van der Waals surface area contributed by atoms with Crippen molar-refractivity contribution in [1.82, 2.24) is 4.90 Å². The lowest BCUT2D eigenvalue weighted by molar-refractivity contribution is 0.0559. The van der Waals surface area contributed by atoms with Gasteiger partial charge in [0, 0.05) is 17.6 Å². The summed E-state index contributed by atoms with van der Waals surface area (Å²) in [6.45, 7) is 9.64. The highest BCUT2D eigenvalue weighted by molar-refractivity contribution is 5.94. The van der Waals surface area contributed by atoms with Crippen LogP contribution in [0.15, 0.2) is 54.6 Å². The van der Waals surface area contributed by atoms with E-state index in [1.54, 1.807) is 0 Å². The first-order valence-corrected chi connectivity index (χ1v) is 9.00. The number of benzene rings is 2. The van der Waals surface area contributed by atoms with Crippen molar-refractivity contribution in [1.29, 1.82) is 0 Å². The Balaban J connectivity index is 2.13. The largest absolute Gasteiger partial charge is 0.494 e. The van der Waals surface area contributed by atoms with Gasteiger partial charge in [-0.25, -0.2) is 0 Å². The number of hydrogen-bond acceptors (Lipinski definition) is 2. The Morgan fingerprint density at radius 3 is 2.20 bits per heavy atom. The van der Waals surface area contributed by atoms with E-state index in [2.05, 4.69) is 39.8 Å². The smallest absolute Gasteiger partial charge is 0.254 e. The molecule has 2 aromatic rings. The summed E-state index contributed by atoms with van der Waals surface area (Å²) in [5.74, 6) is 0.854. The number of carbonyl (C=O) groups is 1. The Hall–Kier alpha value is -2.29. The average Bonchev–Trinajstić information content (AvgIpc) is 2.60. The first-order valence-electron chi connectivity index (χ1n) is 9.00. The van der Waals surface area contributed by atoms with Gasteiger partial charge in [0.05, 0.1) is 6.61 Å². The van der Waals surface area contributed by atoms with Crippen molar-refractivity contribution in [3.05, 3.63) is 65.7 Å². The molecule has 3 heteroatoms. The summed E-state index contributed by atoms with van der Waals surface area (Å²) in [5.41, 5.74) is 1.56. The molecule has 0 aliphatic heterocycles. The van der Waals surface area contributed by atoms with Gasteiger partial charge in [0.2, 0.25) is 0 Å². The van der Waals surface area contributed by atoms with Crippen molar-refractivity contribution < 1.29 is 9.53 Å². The standard InChI is InChI=1S/C22H29NO2/c1-5-6-16-25-20-14-12-19(13-15-20)21(24)23(22(2,3)4)17-18-10-8-7-9-11-18/h7-15H,5-6,16-17H2,1-4H3. The fourth-order valence-electron chi connectivity index (χ4n) is 2.56. The van der Waals surface area contributed by atoms with Crippen LogP contribution in [0.3, 0.4) is 0 Å². The Bertz CT molecular complexity index is 657. The van der Waals surface area contributed by atoms with Gasteiger partial charge in [0.15, 0.2) is 0 Å². The van der Waals surface area contributed by atoms with Gasteiger partial charge in [-0.05, 0) is 57.0 Å². The molecule has 0 unspecified atom stereocenters. The summed E-state index contributed by atoms with van der Waals surface area (Å²) >= 11 is 0. The third-order valence-corrected chi connectivity index (χ3v) is 4.11. The van der Waals surface area contributed by atoms with Crippen LogP contribution in [0.25, 0.3) is 0 Å². The van der Waals surface area contributed by atoms with E-state index >= 15 is 0 Å². The van der Waals surface area contributed by atoms with E-state index in [-0.39, 0.29) is 11.4 Å². The van der Waals surface area contributed by atoms with Gasteiger partial charge in [-0.1, -0.05) is 43.7 Å². The molecule has 0 spiro atoms. The van der Waals surface area contributed by atoms with E-state index in [4.69, 9.17) is 4.74 Å². The fourth-order valence-corrected chi connectivity index (χ4v) is 2.56. The number of nitrogens with zero attached hydrogens (tertiary/aromatic N) is 1. The molecule has 3 nitrogen and oxygen atoms in total. The van der Waals surface area contributed by atoms with E-state index in [0.29, 0.717) is 18.7 Å². The summed E-state index contributed by atoms with van der Waals surface area (Å²) in [5, 5.41) is 0. The molecule has 134 valence electrons. The molecular formula is C22H29NO2. The molecule has 0 saturated heterocycles. The van der Waals surface area contributed by atoms with Crippen LogP contribution < -0.4 is 4.74 Å². The van der Waals surface area contributed by atoms with Gasteiger partial charge in [-0.3, -0.25) is 4.79 Å². The number of rotatable bonds is 7. The van der Waals surface area contributed by atoms with Gasteiger partial charge in [0.1, 0.15) is 5.75 Å².